The van der Waals surface area contributed by atoms with Gasteiger partial charge in [-0.3, -0.25) is 4.79 Å². The number of carbonyl (C=O) groups excluding carboxylic acids is 1. The molecule has 0 aliphatic carbocycles. The van der Waals surface area contributed by atoms with E-state index in [-0.39, 0.29) is 5.91 Å². The van der Waals surface area contributed by atoms with Gasteiger partial charge >= 0.3 is 0 Å². The van der Waals surface area contributed by atoms with Crippen molar-refractivity contribution in [3.8, 4) is 0 Å². The van der Waals surface area contributed by atoms with Gasteiger partial charge in [0, 0.05) is 18.9 Å². The molecular weight excluding hydrogens is 116 g/mol. The van der Waals surface area contributed by atoms with Gasteiger partial charge in [0.25, 0.3) is 0 Å². The quantitative estimate of drug-likeness (QED) is 0.532. The molecule has 1 heterocycles. The number of nitrogens with one attached hydrogen (secondary N) is 1. The summed E-state index contributed by atoms with van der Waals surface area (Å²) in [7, 11) is 0. The molecule has 0 spiro atoms. The maximum Gasteiger partial charge on any atom is 0.243 e. The van der Waals surface area contributed by atoms with Crippen molar-refractivity contribution in [3.05, 3.63) is 12.4 Å². The molecule has 0 unspecified atom stereocenters. The topological polar surface area (TPSA) is 32.3 Å². The van der Waals surface area contributed by atoms with Crippen molar-refractivity contribution in [2.45, 2.75) is 6.92 Å². The Hall–Kier alpha value is -0.990. The third kappa shape index (κ3) is 1.45. The lowest BCUT2D eigenvalue weighted by Gasteiger charge is -2.20. The molecule has 1 N–H and O–H groups in total. The van der Waals surface area contributed by atoms with Crippen molar-refractivity contribution in [1.82, 2.24) is 10.2 Å². The molecule has 3 heteroatoms. The average Bonchev–Trinajstić information content (AvgIpc) is 1.88. The first-order valence-electron chi connectivity index (χ1n) is 3.03. The van der Waals surface area contributed by atoms with E-state index in [0.717, 1.165) is 6.54 Å². The van der Waals surface area contributed by atoms with Crippen LogP contribution in [0.1, 0.15) is 6.92 Å². The molecule has 0 atom stereocenters. The standard InChI is InChI=1S/C6H10N2O/c1-2-8-4-3-7-6(9)5-8/h3-4H,2,5H2,1H3,(H,7,9). The Morgan fingerprint density at radius 3 is 3.11 bits per heavy atom. The maximum absolute atomic E-state index is 10.6. The summed E-state index contributed by atoms with van der Waals surface area (Å²) < 4.78 is 0. The van der Waals surface area contributed by atoms with E-state index in [4.69, 9.17) is 0 Å². The zero-order chi connectivity index (χ0) is 6.69. The molecule has 0 aromatic carbocycles. The molecule has 3 nitrogen and oxygen atoms in total. The number of rotatable bonds is 1. The van der Waals surface area contributed by atoms with Gasteiger partial charge in [-0.05, 0) is 6.92 Å². The van der Waals surface area contributed by atoms with Gasteiger partial charge in [0.1, 0.15) is 0 Å². The van der Waals surface area contributed by atoms with Crippen LogP contribution in [0.4, 0.5) is 0 Å². The Morgan fingerprint density at radius 1 is 1.89 bits per heavy atom. The number of carbonyl (C=O) groups is 1. The van der Waals surface area contributed by atoms with Crippen molar-refractivity contribution in [1.29, 1.82) is 0 Å². The molecule has 0 bridgehead atoms. The Labute approximate surface area is 54.3 Å². The number of likely N-dealkylation sites (N-methyl/N-ethyl adjacent to an activating group) is 1. The smallest absolute Gasteiger partial charge is 0.243 e. The fourth-order valence-corrected chi connectivity index (χ4v) is 0.736. The summed E-state index contributed by atoms with van der Waals surface area (Å²) in [6.07, 6.45) is 3.54. The van der Waals surface area contributed by atoms with Crippen molar-refractivity contribution >= 4 is 5.91 Å². The zero-order valence-corrected chi connectivity index (χ0v) is 5.42. The van der Waals surface area contributed by atoms with Crippen molar-refractivity contribution in [2.75, 3.05) is 13.1 Å². The van der Waals surface area contributed by atoms with Crippen LogP contribution in [0.5, 0.6) is 0 Å². The molecule has 1 aliphatic heterocycles. The third-order valence-corrected chi connectivity index (χ3v) is 1.28. The lowest BCUT2D eigenvalue weighted by Crippen LogP contribution is -2.36. The second-order valence-electron chi connectivity index (χ2n) is 1.95. The van der Waals surface area contributed by atoms with Crippen LogP contribution in [0.3, 0.4) is 0 Å². The van der Waals surface area contributed by atoms with Crippen LogP contribution in [-0.2, 0) is 4.79 Å². The van der Waals surface area contributed by atoms with Crippen LogP contribution in [0.15, 0.2) is 12.4 Å². The first-order chi connectivity index (χ1) is 4.33. The predicted molar refractivity (Wildman–Crippen MR) is 34.5 cm³/mol. The molecule has 1 aliphatic rings. The Bertz CT molecular complexity index is 142. The Kier molecular flexibility index (Phi) is 1.72. The van der Waals surface area contributed by atoms with Crippen LogP contribution >= 0.6 is 0 Å². The molecule has 1 rings (SSSR count). The zero-order valence-electron chi connectivity index (χ0n) is 5.42. The van der Waals surface area contributed by atoms with Gasteiger partial charge < -0.3 is 10.2 Å². The van der Waals surface area contributed by atoms with Gasteiger partial charge in [0.15, 0.2) is 0 Å². The molecule has 9 heavy (non-hydrogen) atoms. The predicted octanol–water partition coefficient (Wildman–Crippen LogP) is -0.0907. The lowest BCUT2D eigenvalue weighted by atomic mass is 10.4. The van der Waals surface area contributed by atoms with Crippen LogP contribution in [0, 0.1) is 0 Å². The van der Waals surface area contributed by atoms with E-state index in [2.05, 4.69) is 5.32 Å². The highest BCUT2D eigenvalue weighted by molar-refractivity contribution is 5.79. The maximum atomic E-state index is 10.6. The van der Waals surface area contributed by atoms with Gasteiger partial charge in [-0.2, -0.15) is 0 Å². The van der Waals surface area contributed by atoms with E-state index in [0.29, 0.717) is 6.54 Å². The minimum Gasteiger partial charge on any atom is -0.367 e. The number of amides is 1. The molecule has 50 valence electrons. The van der Waals surface area contributed by atoms with Gasteiger partial charge in [0.2, 0.25) is 5.91 Å². The minimum absolute atomic E-state index is 0.0688. The number of hydrogen-bond acceptors (Lipinski definition) is 2. The van der Waals surface area contributed by atoms with E-state index in [1.54, 1.807) is 6.20 Å². The first kappa shape index (κ1) is 6.13. The Morgan fingerprint density at radius 2 is 2.67 bits per heavy atom. The molecule has 1 amide bonds. The number of hydrogen-bond donors (Lipinski definition) is 1. The first-order valence-corrected chi connectivity index (χ1v) is 3.03. The summed E-state index contributed by atoms with van der Waals surface area (Å²) in [4.78, 5) is 12.6. The molecule has 0 aromatic heterocycles. The summed E-state index contributed by atoms with van der Waals surface area (Å²) in [6.45, 7) is 3.40. The summed E-state index contributed by atoms with van der Waals surface area (Å²) in [5, 5.41) is 2.59. The molecular formula is C6H10N2O. The Balaban J connectivity index is 2.49. The number of nitrogens with zero attached hydrogens (tertiary/aromatic N) is 1. The van der Waals surface area contributed by atoms with Crippen molar-refractivity contribution in [2.24, 2.45) is 0 Å². The summed E-state index contributed by atoms with van der Waals surface area (Å²) in [5.74, 6) is 0.0688. The van der Waals surface area contributed by atoms with Crippen molar-refractivity contribution in [3.63, 3.8) is 0 Å². The fraction of sp³-hybridized carbons (Fsp3) is 0.500. The van der Waals surface area contributed by atoms with E-state index in [9.17, 15) is 4.79 Å². The second-order valence-corrected chi connectivity index (χ2v) is 1.95. The average molecular weight is 126 g/mol. The van der Waals surface area contributed by atoms with E-state index in [1.807, 2.05) is 18.0 Å². The van der Waals surface area contributed by atoms with Crippen LogP contribution < -0.4 is 5.32 Å². The van der Waals surface area contributed by atoms with Crippen LogP contribution in [0.25, 0.3) is 0 Å². The molecule has 0 fully saturated rings. The van der Waals surface area contributed by atoms with Crippen LogP contribution in [-0.4, -0.2) is 23.9 Å². The molecule has 0 aromatic rings. The lowest BCUT2D eigenvalue weighted by molar-refractivity contribution is -0.121. The minimum atomic E-state index is 0.0688. The third-order valence-electron chi connectivity index (χ3n) is 1.28. The van der Waals surface area contributed by atoms with Gasteiger partial charge in [-0.1, -0.05) is 0 Å². The normalized spacial score (nSPS) is 17.9. The highest BCUT2D eigenvalue weighted by Gasteiger charge is 2.06. The van der Waals surface area contributed by atoms with E-state index in [1.165, 1.54) is 0 Å². The van der Waals surface area contributed by atoms with Crippen molar-refractivity contribution < 1.29 is 4.79 Å². The highest BCUT2D eigenvalue weighted by atomic mass is 16.2. The van der Waals surface area contributed by atoms with Gasteiger partial charge in [-0.25, -0.2) is 0 Å². The van der Waals surface area contributed by atoms with Gasteiger partial charge in [0.05, 0.1) is 6.54 Å². The molecule has 0 saturated heterocycles. The molecule has 0 saturated carbocycles. The molecule has 0 radical (unpaired) electrons. The van der Waals surface area contributed by atoms with Crippen LogP contribution in [0.2, 0.25) is 0 Å². The monoisotopic (exact) mass is 126 g/mol. The van der Waals surface area contributed by atoms with Gasteiger partial charge in [-0.15, -0.1) is 0 Å². The largest absolute Gasteiger partial charge is 0.367 e. The summed E-state index contributed by atoms with van der Waals surface area (Å²) in [6, 6.07) is 0. The highest BCUT2D eigenvalue weighted by Crippen LogP contribution is 1.92. The summed E-state index contributed by atoms with van der Waals surface area (Å²) in [5.41, 5.74) is 0. The second kappa shape index (κ2) is 2.53. The summed E-state index contributed by atoms with van der Waals surface area (Å²) >= 11 is 0. The fourth-order valence-electron chi connectivity index (χ4n) is 0.736. The van der Waals surface area contributed by atoms with E-state index < -0.39 is 0 Å². The van der Waals surface area contributed by atoms with E-state index >= 15 is 0 Å². The SMILES string of the molecule is CCN1C=CNC(=O)C1.